The van der Waals surface area contributed by atoms with Crippen LogP contribution in [0.15, 0.2) is 40.8 Å². The highest BCUT2D eigenvalue weighted by atomic mass is 32.2. The molecule has 0 aliphatic carbocycles. The Labute approximate surface area is 272 Å². The smallest absolute Gasteiger partial charge is 0.299 e. The predicted molar refractivity (Wildman–Crippen MR) is 181 cm³/mol. The fourth-order valence-corrected chi connectivity index (χ4v) is 7.69. The maximum atomic E-state index is 12.7. The molecule has 0 bridgehead atoms. The van der Waals surface area contributed by atoms with Crippen molar-refractivity contribution in [1.82, 2.24) is 4.90 Å². The number of aryl methyl sites for hydroxylation is 1. The first-order chi connectivity index (χ1) is 21.5. The average molecular weight is 654 g/mol. The van der Waals surface area contributed by atoms with E-state index in [1.54, 1.807) is 24.3 Å². The Morgan fingerprint density at radius 1 is 0.841 bits per heavy atom. The first-order valence-corrected chi connectivity index (χ1v) is 19.8. The monoisotopic (exact) mass is 653 g/mol. The molecule has 0 aromatic heterocycles. The summed E-state index contributed by atoms with van der Waals surface area (Å²) >= 11 is 1.36. The number of nitrogens with zero attached hydrogens (tertiary/aromatic N) is 1. The molecule has 2 heterocycles. The maximum absolute atomic E-state index is 12.7. The molecule has 0 spiro atoms. The van der Waals surface area contributed by atoms with Gasteiger partial charge in [0.05, 0.1) is 18.1 Å². The van der Waals surface area contributed by atoms with Gasteiger partial charge in [-0.1, -0.05) is 126 Å². The Bertz CT molecular complexity index is 1000. The van der Waals surface area contributed by atoms with Crippen molar-refractivity contribution in [2.24, 2.45) is 0 Å². The normalized spacial score (nSPS) is 20.2. The van der Waals surface area contributed by atoms with Gasteiger partial charge in [-0.15, -0.1) is 0 Å². The molecule has 0 N–H and O–H groups in total. The summed E-state index contributed by atoms with van der Waals surface area (Å²) in [5.74, 6) is 0. The molecule has 9 heteroatoms. The molecule has 2 aliphatic heterocycles. The van der Waals surface area contributed by atoms with Crippen molar-refractivity contribution in [3.8, 4) is 0 Å². The van der Waals surface area contributed by atoms with E-state index < -0.39 is 15.7 Å². The molecular formula is C35H59NO6S2. The van der Waals surface area contributed by atoms with Crippen molar-refractivity contribution in [2.45, 2.75) is 152 Å². The minimum Gasteiger partial charge on any atom is -0.379 e. The summed E-state index contributed by atoms with van der Waals surface area (Å²) in [6.45, 7) is 6.70. The third-order valence-corrected chi connectivity index (χ3v) is 10.6. The lowest BCUT2D eigenvalue weighted by Crippen LogP contribution is -2.30. The van der Waals surface area contributed by atoms with Crippen molar-refractivity contribution < 1.29 is 26.8 Å². The van der Waals surface area contributed by atoms with E-state index in [1.807, 2.05) is 23.4 Å². The third-order valence-electron chi connectivity index (χ3n) is 8.35. The van der Waals surface area contributed by atoms with Crippen LogP contribution in [0, 0.1) is 6.92 Å². The van der Waals surface area contributed by atoms with Crippen molar-refractivity contribution in [3.05, 3.63) is 41.4 Å². The van der Waals surface area contributed by atoms with Crippen LogP contribution in [0.1, 0.15) is 128 Å². The van der Waals surface area contributed by atoms with Crippen LogP contribution in [-0.4, -0.2) is 57.6 Å². The highest BCUT2D eigenvalue weighted by Gasteiger charge is 2.28. The Hall–Kier alpha value is -1.10. The zero-order chi connectivity index (χ0) is 31.3. The van der Waals surface area contributed by atoms with E-state index in [0.29, 0.717) is 26.4 Å². The van der Waals surface area contributed by atoms with E-state index in [1.165, 1.54) is 102 Å². The van der Waals surface area contributed by atoms with Gasteiger partial charge in [0, 0.05) is 19.4 Å². The first kappa shape index (κ1) is 37.4. The quantitative estimate of drug-likeness (QED) is 0.0724. The minimum absolute atomic E-state index is 0.0130. The van der Waals surface area contributed by atoms with Gasteiger partial charge in [-0.3, -0.25) is 0 Å². The van der Waals surface area contributed by atoms with Gasteiger partial charge in [0.15, 0.2) is 6.29 Å². The molecule has 3 atom stereocenters. The summed E-state index contributed by atoms with van der Waals surface area (Å²) < 4.78 is 48.6. The van der Waals surface area contributed by atoms with Gasteiger partial charge in [0.1, 0.15) is 6.10 Å². The highest BCUT2D eigenvalue weighted by Crippen LogP contribution is 2.30. The second-order valence-electron chi connectivity index (χ2n) is 12.4. The Morgan fingerprint density at radius 2 is 1.45 bits per heavy atom. The van der Waals surface area contributed by atoms with Crippen molar-refractivity contribution in [1.29, 1.82) is 0 Å². The van der Waals surface area contributed by atoms with E-state index in [2.05, 4.69) is 6.92 Å². The van der Waals surface area contributed by atoms with Crippen LogP contribution in [0.25, 0.3) is 0 Å². The van der Waals surface area contributed by atoms with Gasteiger partial charge < -0.3 is 19.1 Å². The molecule has 0 amide bonds. The van der Waals surface area contributed by atoms with E-state index in [0.717, 1.165) is 31.2 Å². The molecule has 1 saturated heterocycles. The van der Waals surface area contributed by atoms with Gasteiger partial charge in [-0.2, -0.15) is 8.42 Å². The Balaban J connectivity index is 1.11. The van der Waals surface area contributed by atoms with Crippen LogP contribution in [0.4, 0.5) is 0 Å². The molecular weight excluding hydrogens is 595 g/mol. The van der Waals surface area contributed by atoms with Crippen molar-refractivity contribution in [2.75, 3.05) is 26.4 Å². The number of hydrogen-bond donors (Lipinski definition) is 0. The largest absolute Gasteiger partial charge is 0.379 e. The number of unbranched alkanes of at least 4 members (excludes halogenated alkanes) is 15. The number of thioether (sulfide) groups is 1. The Kier molecular flexibility index (Phi) is 19.0. The van der Waals surface area contributed by atoms with Gasteiger partial charge in [0.25, 0.3) is 10.1 Å². The lowest BCUT2D eigenvalue weighted by molar-refractivity contribution is -0.0761. The predicted octanol–water partition coefficient (Wildman–Crippen LogP) is 9.30. The second-order valence-corrected chi connectivity index (χ2v) is 14.9. The summed E-state index contributed by atoms with van der Waals surface area (Å²) in [6, 6.07) is 6.72. The molecule has 7 nitrogen and oxygen atoms in total. The molecule has 0 saturated carbocycles. The minimum atomic E-state index is -3.82. The SMILES string of the molecule is CCCCCCCCCCCCCCCCCC1OCC(COCCCCN2C=CSC2OS(=O)(=O)c2ccc(C)cc2)O1. The van der Waals surface area contributed by atoms with Crippen molar-refractivity contribution in [3.63, 3.8) is 0 Å². The molecule has 1 fully saturated rings. The third kappa shape index (κ3) is 15.5. The van der Waals surface area contributed by atoms with Crippen LogP contribution in [0.3, 0.4) is 0 Å². The van der Waals surface area contributed by atoms with Gasteiger partial charge in [-0.25, -0.2) is 4.18 Å². The lowest BCUT2D eigenvalue weighted by atomic mass is 10.0. The summed E-state index contributed by atoms with van der Waals surface area (Å²) in [6.07, 6.45) is 25.1. The molecule has 252 valence electrons. The maximum Gasteiger partial charge on any atom is 0.299 e. The van der Waals surface area contributed by atoms with Gasteiger partial charge in [-0.05, 0) is 50.1 Å². The first-order valence-electron chi connectivity index (χ1n) is 17.4. The second kappa shape index (κ2) is 22.4. The summed E-state index contributed by atoms with van der Waals surface area (Å²) in [5.41, 5.74) is 0.430. The molecule has 1 aromatic rings. The zero-order valence-corrected chi connectivity index (χ0v) is 29.1. The molecule has 0 radical (unpaired) electrons. The molecule has 44 heavy (non-hydrogen) atoms. The number of rotatable bonds is 26. The Morgan fingerprint density at radius 3 is 2.09 bits per heavy atom. The highest BCUT2D eigenvalue weighted by molar-refractivity contribution is 8.03. The zero-order valence-electron chi connectivity index (χ0n) is 27.5. The fourth-order valence-electron chi connectivity index (χ4n) is 5.60. The molecule has 2 aliphatic rings. The molecule has 3 rings (SSSR count). The van der Waals surface area contributed by atoms with Crippen LogP contribution < -0.4 is 0 Å². The molecule has 3 unspecified atom stereocenters. The average Bonchev–Trinajstić information content (AvgIpc) is 3.66. The number of hydrogen-bond acceptors (Lipinski definition) is 8. The van der Waals surface area contributed by atoms with Crippen LogP contribution in [-0.2, 0) is 28.5 Å². The van der Waals surface area contributed by atoms with Crippen LogP contribution in [0.2, 0.25) is 0 Å². The van der Waals surface area contributed by atoms with E-state index in [4.69, 9.17) is 18.4 Å². The van der Waals surface area contributed by atoms with Gasteiger partial charge >= 0.3 is 0 Å². The lowest BCUT2D eigenvalue weighted by Gasteiger charge is -2.24. The number of benzene rings is 1. The summed E-state index contributed by atoms with van der Waals surface area (Å²) in [4.78, 5) is 2.10. The van der Waals surface area contributed by atoms with Gasteiger partial charge in [0.2, 0.25) is 5.56 Å². The van der Waals surface area contributed by atoms with Crippen LogP contribution in [0.5, 0.6) is 0 Å². The molecule has 1 aromatic carbocycles. The van der Waals surface area contributed by atoms with Crippen molar-refractivity contribution >= 4 is 21.9 Å². The van der Waals surface area contributed by atoms with Crippen LogP contribution >= 0.6 is 11.8 Å². The summed E-state index contributed by atoms with van der Waals surface area (Å²) in [5, 5.41) is 1.87. The fraction of sp³-hybridized carbons (Fsp3) is 0.771. The number of ether oxygens (including phenoxy) is 3. The van der Waals surface area contributed by atoms with E-state index in [9.17, 15) is 8.42 Å². The topological polar surface area (TPSA) is 74.3 Å². The standard InChI is InChI=1S/C35H59NO6S2/c1-3-4-5-6-7-8-9-10-11-12-13-14-15-16-17-20-34-40-30-32(41-34)29-39-27-19-18-25-36-26-28-43-35(36)42-44(37,38)33-23-21-31(2)22-24-33/h21-24,26,28,32,34-35H,3-20,25,27,29-30H2,1-2H3. The van der Waals surface area contributed by atoms with E-state index in [-0.39, 0.29) is 17.3 Å². The van der Waals surface area contributed by atoms with E-state index >= 15 is 0 Å². The summed E-state index contributed by atoms with van der Waals surface area (Å²) in [7, 11) is -3.82.